The number of methoxy groups -OCH3 is 1. The fourth-order valence-electron chi connectivity index (χ4n) is 1.08. The first-order valence-corrected chi connectivity index (χ1v) is 4.52. The van der Waals surface area contributed by atoms with Gasteiger partial charge in [-0.25, -0.2) is 0 Å². The zero-order valence-electron chi connectivity index (χ0n) is 8.58. The van der Waals surface area contributed by atoms with Crippen LogP contribution in [-0.4, -0.2) is 39.4 Å². The number of aromatic amines is 1. The Morgan fingerprint density at radius 3 is 2.81 bits per heavy atom. The van der Waals surface area contributed by atoms with E-state index < -0.39 is 23.7 Å². The number of ether oxygens (including phenoxy) is 1. The maximum Gasteiger partial charge on any atom is 0.308 e. The van der Waals surface area contributed by atoms with Crippen LogP contribution in [0.5, 0.6) is 0 Å². The monoisotopic (exact) mass is 228 g/mol. The first-order chi connectivity index (χ1) is 7.54. The third-order valence-electron chi connectivity index (χ3n) is 1.96. The first kappa shape index (κ1) is 12.3. The molecule has 0 spiro atoms. The van der Waals surface area contributed by atoms with E-state index in [1.54, 1.807) is 0 Å². The number of aliphatic hydroxyl groups is 2. The van der Waals surface area contributed by atoms with Crippen molar-refractivity contribution in [2.75, 3.05) is 7.11 Å². The van der Waals surface area contributed by atoms with E-state index in [1.165, 1.54) is 13.3 Å². The highest BCUT2D eigenvalue weighted by molar-refractivity contribution is 5.69. The Kier molecular flexibility index (Phi) is 4.15. The number of nitrogens with one attached hydrogen (secondary N) is 1. The molecule has 0 aliphatic heterocycles. The van der Waals surface area contributed by atoms with Crippen molar-refractivity contribution in [2.24, 2.45) is 0 Å². The highest BCUT2D eigenvalue weighted by Crippen LogP contribution is 2.15. The lowest BCUT2D eigenvalue weighted by molar-refractivity contribution is -0.144. The molecule has 1 aromatic heterocycles. The van der Waals surface area contributed by atoms with E-state index in [2.05, 4.69) is 14.7 Å². The molecule has 7 heteroatoms. The quantitative estimate of drug-likeness (QED) is 0.554. The molecule has 1 rings (SSSR count). The number of carbonyl (C=O) groups is 1. The Hall–Kier alpha value is -1.73. The lowest BCUT2D eigenvalue weighted by Gasteiger charge is -2.15. The van der Waals surface area contributed by atoms with Gasteiger partial charge in [0.05, 0.1) is 31.5 Å². The molecule has 2 atom stereocenters. The zero-order valence-corrected chi connectivity index (χ0v) is 8.58. The number of hydrogen-bond donors (Lipinski definition) is 3. The minimum Gasteiger partial charge on any atom is -0.469 e. The molecule has 0 aromatic carbocycles. The number of hydrogen-bond acceptors (Lipinski definition) is 6. The molecule has 3 N–H and O–H groups in total. The summed E-state index contributed by atoms with van der Waals surface area (Å²) in [4.78, 5) is 27.5. The maximum atomic E-state index is 10.8. The molecular weight excluding hydrogens is 216 g/mol. The van der Waals surface area contributed by atoms with Gasteiger partial charge in [0, 0.05) is 6.20 Å². The van der Waals surface area contributed by atoms with E-state index in [9.17, 15) is 19.8 Å². The average molecular weight is 228 g/mol. The molecule has 0 amide bonds. The number of nitrogens with zero attached hydrogens (tertiary/aromatic N) is 1. The van der Waals surface area contributed by atoms with Gasteiger partial charge in [-0.15, -0.1) is 0 Å². The van der Waals surface area contributed by atoms with Crippen molar-refractivity contribution in [2.45, 2.75) is 18.6 Å². The van der Waals surface area contributed by atoms with E-state index >= 15 is 0 Å². The van der Waals surface area contributed by atoms with Crippen molar-refractivity contribution in [3.63, 3.8) is 0 Å². The standard InChI is InChI=1S/C9H12N2O5/c1-16-8(14)2-6(12)9(15)5-3-11-7(13)4-10-5/h3-4,6,9,12,15H,2H2,1H3,(H,11,13). The highest BCUT2D eigenvalue weighted by atomic mass is 16.5. The molecule has 1 aromatic rings. The molecule has 0 saturated carbocycles. The second kappa shape index (κ2) is 5.38. The summed E-state index contributed by atoms with van der Waals surface area (Å²) < 4.78 is 4.34. The summed E-state index contributed by atoms with van der Waals surface area (Å²) >= 11 is 0. The minimum absolute atomic E-state index is 0.0796. The summed E-state index contributed by atoms with van der Waals surface area (Å²) in [5, 5.41) is 19.0. The van der Waals surface area contributed by atoms with E-state index in [0.29, 0.717) is 0 Å². The lowest BCUT2D eigenvalue weighted by atomic mass is 10.1. The SMILES string of the molecule is COC(=O)CC(O)C(O)c1c[nH]c(=O)cn1. The largest absolute Gasteiger partial charge is 0.469 e. The third-order valence-corrected chi connectivity index (χ3v) is 1.96. The van der Waals surface area contributed by atoms with Crippen LogP contribution in [-0.2, 0) is 9.53 Å². The van der Waals surface area contributed by atoms with Gasteiger partial charge in [-0.05, 0) is 0 Å². The van der Waals surface area contributed by atoms with Gasteiger partial charge < -0.3 is 19.9 Å². The van der Waals surface area contributed by atoms with Crippen LogP contribution in [0, 0.1) is 0 Å². The second-order valence-electron chi connectivity index (χ2n) is 3.13. The van der Waals surface area contributed by atoms with E-state index in [0.717, 1.165) is 6.20 Å². The molecule has 7 nitrogen and oxygen atoms in total. The number of esters is 1. The van der Waals surface area contributed by atoms with Gasteiger partial charge in [0.15, 0.2) is 0 Å². The Bertz CT molecular complexity index is 396. The number of H-pyrrole nitrogens is 1. The number of aliphatic hydroxyl groups excluding tert-OH is 2. The lowest BCUT2D eigenvalue weighted by Crippen LogP contribution is -2.24. The second-order valence-corrected chi connectivity index (χ2v) is 3.13. The van der Waals surface area contributed by atoms with Gasteiger partial charge in [-0.1, -0.05) is 0 Å². The summed E-state index contributed by atoms with van der Waals surface area (Å²) in [5.74, 6) is -0.643. The molecule has 2 unspecified atom stereocenters. The van der Waals surface area contributed by atoms with Crippen LogP contribution in [0.25, 0.3) is 0 Å². The molecule has 0 bridgehead atoms. The average Bonchev–Trinajstić information content (AvgIpc) is 2.28. The number of rotatable bonds is 4. The Morgan fingerprint density at radius 2 is 2.31 bits per heavy atom. The van der Waals surface area contributed by atoms with Gasteiger partial charge in [-0.2, -0.15) is 0 Å². The molecule has 0 fully saturated rings. The van der Waals surface area contributed by atoms with Gasteiger partial charge >= 0.3 is 5.97 Å². The first-order valence-electron chi connectivity index (χ1n) is 4.52. The predicted molar refractivity (Wildman–Crippen MR) is 52.5 cm³/mol. The van der Waals surface area contributed by atoms with Crippen molar-refractivity contribution in [3.8, 4) is 0 Å². The molecule has 0 radical (unpaired) electrons. The van der Waals surface area contributed by atoms with Gasteiger partial charge in [-0.3, -0.25) is 14.6 Å². The Labute approximate surface area is 90.7 Å². The van der Waals surface area contributed by atoms with Crippen LogP contribution < -0.4 is 5.56 Å². The van der Waals surface area contributed by atoms with E-state index in [-0.39, 0.29) is 12.1 Å². The third kappa shape index (κ3) is 3.14. The topological polar surface area (TPSA) is 113 Å². The fourth-order valence-corrected chi connectivity index (χ4v) is 1.08. The van der Waals surface area contributed by atoms with Crippen LogP contribution in [0.15, 0.2) is 17.2 Å². The zero-order chi connectivity index (χ0) is 12.1. The normalized spacial score (nSPS) is 14.2. The predicted octanol–water partition coefficient (Wildman–Crippen LogP) is -1.27. The smallest absolute Gasteiger partial charge is 0.308 e. The molecule has 0 aliphatic rings. The van der Waals surface area contributed by atoms with Gasteiger partial charge in [0.25, 0.3) is 5.56 Å². The Balaban J connectivity index is 2.69. The number of aromatic nitrogens is 2. The van der Waals surface area contributed by atoms with E-state index in [4.69, 9.17) is 0 Å². The minimum atomic E-state index is -1.35. The Morgan fingerprint density at radius 1 is 1.62 bits per heavy atom. The molecule has 0 aliphatic carbocycles. The summed E-state index contributed by atoms with van der Waals surface area (Å²) in [7, 11) is 1.18. The van der Waals surface area contributed by atoms with Crippen LogP contribution >= 0.6 is 0 Å². The highest BCUT2D eigenvalue weighted by Gasteiger charge is 2.22. The summed E-state index contributed by atoms with van der Waals surface area (Å²) in [6, 6.07) is 0. The van der Waals surface area contributed by atoms with Gasteiger partial charge in [0.1, 0.15) is 6.10 Å². The van der Waals surface area contributed by atoms with Crippen molar-refractivity contribution in [3.05, 3.63) is 28.4 Å². The molecule has 0 saturated heterocycles. The van der Waals surface area contributed by atoms with Crippen LogP contribution in [0.2, 0.25) is 0 Å². The molecular formula is C9H12N2O5. The fraction of sp³-hybridized carbons (Fsp3) is 0.444. The van der Waals surface area contributed by atoms with Crippen LogP contribution in [0.4, 0.5) is 0 Å². The molecule has 88 valence electrons. The summed E-state index contributed by atoms with van der Waals surface area (Å²) in [6.45, 7) is 0. The van der Waals surface area contributed by atoms with Crippen LogP contribution in [0.1, 0.15) is 18.2 Å². The summed E-state index contributed by atoms with van der Waals surface area (Å²) in [6.07, 6.45) is -0.878. The molecule has 16 heavy (non-hydrogen) atoms. The van der Waals surface area contributed by atoms with Crippen molar-refractivity contribution >= 4 is 5.97 Å². The van der Waals surface area contributed by atoms with Crippen molar-refractivity contribution in [1.82, 2.24) is 9.97 Å². The number of carbonyl (C=O) groups excluding carboxylic acids is 1. The van der Waals surface area contributed by atoms with E-state index in [1.807, 2.05) is 0 Å². The van der Waals surface area contributed by atoms with Crippen LogP contribution in [0.3, 0.4) is 0 Å². The summed E-state index contributed by atoms with van der Waals surface area (Å²) in [5.41, 5.74) is -0.339. The molecule has 1 heterocycles. The van der Waals surface area contributed by atoms with Gasteiger partial charge in [0.2, 0.25) is 0 Å². The maximum absolute atomic E-state index is 10.8. The van der Waals surface area contributed by atoms with Crippen molar-refractivity contribution < 1.29 is 19.7 Å². The van der Waals surface area contributed by atoms with Crippen molar-refractivity contribution in [1.29, 1.82) is 0 Å².